The van der Waals surface area contributed by atoms with Crippen LogP contribution in [0, 0.1) is 0 Å². The van der Waals surface area contributed by atoms with Crippen LogP contribution in [0.5, 0.6) is 11.5 Å². The highest BCUT2D eigenvalue weighted by atomic mass is 16.5. The number of carbonyl (C=O) groups excluding carboxylic acids is 1. The van der Waals surface area contributed by atoms with Gasteiger partial charge in [-0.05, 0) is 44.9 Å². The van der Waals surface area contributed by atoms with Gasteiger partial charge in [-0.3, -0.25) is 4.79 Å². The fraction of sp³-hybridized carbons (Fsp3) is 0.550. The minimum atomic E-state index is 0.143. The average Bonchev–Trinajstić information content (AvgIpc) is 2.57. The number of ether oxygens (including phenoxy) is 2. The second-order valence-corrected chi connectivity index (χ2v) is 5.65. The second kappa shape index (κ2) is 11.8. The largest absolute Gasteiger partial charge is 0.490 e. The number of aldehydes is 1. The molecule has 0 saturated heterocycles. The van der Waals surface area contributed by atoms with Crippen LogP contribution in [0.1, 0.15) is 69.7 Å². The number of hydrogen-bond acceptors (Lipinski definition) is 3. The van der Waals surface area contributed by atoms with Crippen LogP contribution < -0.4 is 9.47 Å². The molecule has 1 aromatic rings. The molecule has 0 N–H and O–H groups in total. The van der Waals surface area contributed by atoms with Gasteiger partial charge in [-0.2, -0.15) is 0 Å². The van der Waals surface area contributed by atoms with Gasteiger partial charge in [0.2, 0.25) is 0 Å². The van der Waals surface area contributed by atoms with Crippen molar-refractivity contribution in [3.8, 4) is 11.5 Å². The Balaban J connectivity index is 2.77. The van der Waals surface area contributed by atoms with E-state index in [0.29, 0.717) is 17.9 Å². The van der Waals surface area contributed by atoms with Gasteiger partial charge in [-0.25, -0.2) is 0 Å². The molecule has 0 aliphatic heterocycles. The molecule has 0 aliphatic carbocycles. The maximum absolute atomic E-state index is 10.9. The van der Waals surface area contributed by atoms with Gasteiger partial charge in [-0.15, -0.1) is 0 Å². The molecular formula is C20H30O3. The number of rotatable bonds is 12. The molecule has 1 aromatic carbocycles. The molecule has 0 bridgehead atoms. The molecule has 3 heteroatoms. The normalized spacial score (nSPS) is 12.3. The fourth-order valence-corrected chi connectivity index (χ4v) is 2.45. The van der Waals surface area contributed by atoms with Crippen molar-refractivity contribution in [1.29, 1.82) is 0 Å². The van der Waals surface area contributed by atoms with E-state index < -0.39 is 0 Å². The van der Waals surface area contributed by atoms with Crippen molar-refractivity contribution < 1.29 is 14.3 Å². The van der Waals surface area contributed by atoms with Gasteiger partial charge in [-0.1, -0.05) is 38.3 Å². The van der Waals surface area contributed by atoms with E-state index in [1.807, 2.05) is 19.9 Å². The Morgan fingerprint density at radius 1 is 1.13 bits per heavy atom. The molecule has 23 heavy (non-hydrogen) atoms. The highest BCUT2D eigenvalue weighted by molar-refractivity contribution is 5.76. The lowest BCUT2D eigenvalue weighted by atomic mass is 10.1. The summed E-state index contributed by atoms with van der Waals surface area (Å²) in [6, 6.07) is 5.35. The summed E-state index contributed by atoms with van der Waals surface area (Å²) in [4.78, 5) is 10.9. The van der Waals surface area contributed by atoms with E-state index in [4.69, 9.17) is 9.47 Å². The predicted octanol–water partition coefficient (Wildman–Crippen LogP) is 5.58. The molecule has 0 aromatic heterocycles. The Morgan fingerprint density at radius 2 is 1.96 bits per heavy atom. The number of unbranched alkanes of at least 4 members (excludes halogenated alkanes) is 3. The van der Waals surface area contributed by atoms with Crippen molar-refractivity contribution in [2.24, 2.45) is 0 Å². The smallest absolute Gasteiger partial charge is 0.161 e. The maximum Gasteiger partial charge on any atom is 0.161 e. The van der Waals surface area contributed by atoms with E-state index in [-0.39, 0.29) is 6.10 Å². The summed E-state index contributed by atoms with van der Waals surface area (Å²) in [6.07, 6.45) is 12.0. The second-order valence-electron chi connectivity index (χ2n) is 5.65. The number of carbonyl (C=O) groups is 1. The first-order valence-corrected chi connectivity index (χ1v) is 8.74. The van der Waals surface area contributed by atoms with Crippen molar-refractivity contribution in [2.75, 3.05) is 6.61 Å². The molecule has 0 aliphatic rings. The summed E-state index contributed by atoms with van der Waals surface area (Å²) >= 11 is 0. The molecule has 0 fully saturated rings. The van der Waals surface area contributed by atoms with E-state index in [1.54, 1.807) is 12.1 Å². The Bertz CT molecular complexity index is 480. The van der Waals surface area contributed by atoms with E-state index in [2.05, 4.69) is 19.1 Å². The van der Waals surface area contributed by atoms with Crippen LogP contribution in [0.25, 0.3) is 0 Å². The zero-order chi connectivity index (χ0) is 16.9. The maximum atomic E-state index is 10.9. The van der Waals surface area contributed by atoms with Gasteiger partial charge < -0.3 is 9.47 Å². The Kier molecular flexibility index (Phi) is 9.85. The Labute approximate surface area is 140 Å². The third kappa shape index (κ3) is 7.36. The van der Waals surface area contributed by atoms with E-state index in [0.717, 1.165) is 24.9 Å². The first-order valence-electron chi connectivity index (χ1n) is 8.74. The van der Waals surface area contributed by atoms with Crippen LogP contribution in [0.3, 0.4) is 0 Å². The van der Waals surface area contributed by atoms with Crippen LogP contribution in [-0.2, 0) is 0 Å². The molecular weight excluding hydrogens is 288 g/mol. The van der Waals surface area contributed by atoms with Gasteiger partial charge in [0, 0.05) is 12.0 Å². The van der Waals surface area contributed by atoms with E-state index >= 15 is 0 Å². The van der Waals surface area contributed by atoms with Crippen molar-refractivity contribution >= 4 is 6.29 Å². The summed E-state index contributed by atoms with van der Waals surface area (Å²) < 4.78 is 11.8. The van der Waals surface area contributed by atoms with Crippen molar-refractivity contribution in [1.82, 2.24) is 0 Å². The highest BCUT2D eigenvalue weighted by Crippen LogP contribution is 2.30. The van der Waals surface area contributed by atoms with Crippen LogP contribution in [0.15, 0.2) is 30.4 Å². The molecule has 1 atom stereocenters. The Hall–Kier alpha value is -1.77. The van der Waals surface area contributed by atoms with Gasteiger partial charge in [0.15, 0.2) is 11.5 Å². The van der Waals surface area contributed by atoms with Crippen LogP contribution in [0.4, 0.5) is 0 Å². The zero-order valence-electron chi connectivity index (χ0n) is 14.7. The molecule has 0 heterocycles. The minimum Gasteiger partial charge on any atom is -0.490 e. The van der Waals surface area contributed by atoms with Crippen molar-refractivity contribution in [2.45, 2.75) is 65.4 Å². The van der Waals surface area contributed by atoms with Crippen molar-refractivity contribution in [3.05, 3.63) is 35.9 Å². The molecule has 1 rings (SSSR count). The Morgan fingerprint density at radius 3 is 2.61 bits per heavy atom. The SMILES string of the molecule is CC=CCC(CCCCCC)Oc1ccc(C=O)cc1OCC. The fourth-order valence-electron chi connectivity index (χ4n) is 2.45. The summed E-state index contributed by atoms with van der Waals surface area (Å²) in [5, 5.41) is 0. The predicted molar refractivity (Wildman–Crippen MR) is 95.6 cm³/mol. The number of benzene rings is 1. The zero-order valence-corrected chi connectivity index (χ0v) is 14.7. The van der Waals surface area contributed by atoms with Crippen LogP contribution >= 0.6 is 0 Å². The summed E-state index contributed by atoms with van der Waals surface area (Å²) in [7, 11) is 0. The average molecular weight is 318 g/mol. The first kappa shape index (κ1) is 19.3. The highest BCUT2D eigenvalue weighted by Gasteiger charge is 2.13. The molecule has 3 nitrogen and oxygen atoms in total. The van der Waals surface area contributed by atoms with Gasteiger partial charge in [0.1, 0.15) is 12.4 Å². The summed E-state index contributed by atoms with van der Waals surface area (Å²) in [5.74, 6) is 1.37. The van der Waals surface area contributed by atoms with E-state index in [1.165, 1.54) is 25.7 Å². The monoisotopic (exact) mass is 318 g/mol. The van der Waals surface area contributed by atoms with E-state index in [9.17, 15) is 4.79 Å². The van der Waals surface area contributed by atoms with Crippen LogP contribution in [-0.4, -0.2) is 19.0 Å². The van der Waals surface area contributed by atoms with Gasteiger partial charge >= 0.3 is 0 Å². The minimum absolute atomic E-state index is 0.143. The third-order valence-corrected chi connectivity index (χ3v) is 3.71. The quantitative estimate of drug-likeness (QED) is 0.286. The molecule has 0 spiro atoms. The van der Waals surface area contributed by atoms with Crippen molar-refractivity contribution in [3.63, 3.8) is 0 Å². The van der Waals surface area contributed by atoms with Gasteiger partial charge in [0.25, 0.3) is 0 Å². The summed E-state index contributed by atoms with van der Waals surface area (Å²) in [6.45, 7) is 6.73. The standard InChI is InChI=1S/C20H30O3/c1-4-7-9-10-12-18(11-8-5-2)23-19-14-13-17(16-21)15-20(19)22-6-3/h5,8,13-16,18H,4,6-7,9-12H2,1-3H3. The number of hydrogen-bond donors (Lipinski definition) is 0. The topological polar surface area (TPSA) is 35.5 Å². The lowest BCUT2D eigenvalue weighted by molar-refractivity contribution is 0.112. The first-order chi connectivity index (χ1) is 11.2. The lowest BCUT2D eigenvalue weighted by Crippen LogP contribution is -2.16. The van der Waals surface area contributed by atoms with Gasteiger partial charge in [0.05, 0.1) is 6.61 Å². The molecule has 128 valence electrons. The molecule has 0 radical (unpaired) electrons. The molecule has 1 unspecified atom stereocenters. The molecule has 0 saturated carbocycles. The lowest BCUT2D eigenvalue weighted by Gasteiger charge is -2.20. The van der Waals surface area contributed by atoms with Crippen LogP contribution in [0.2, 0.25) is 0 Å². The summed E-state index contributed by atoms with van der Waals surface area (Å²) in [5.41, 5.74) is 0.605. The number of allylic oxidation sites excluding steroid dienone is 1. The molecule has 0 amide bonds. The third-order valence-electron chi connectivity index (χ3n) is 3.71.